The van der Waals surface area contributed by atoms with Gasteiger partial charge in [-0.25, -0.2) is 13.1 Å². The predicted octanol–water partition coefficient (Wildman–Crippen LogP) is 0.900. The highest BCUT2D eigenvalue weighted by Gasteiger charge is 2.32. The molecule has 0 bridgehead atoms. The number of hydrogen-bond donors (Lipinski definition) is 2. The molecule has 1 saturated heterocycles. The molecule has 0 spiro atoms. The Morgan fingerprint density at radius 3 is 2.89 bits per heavy atom. The molecule has 1 fully saturated rings. The van der Waals surface area contributed by atoms with Gasteiger partial charge in [-0.3, -0.25) is 4.98 Å². The van der Waals surface area contributed by atoms with Gasteiger partial charge in [-0.05, 0) is 32.8 Å². The Morgan fingerprint density at radius 1 is 1.53 bits per heavy atom. The van der Waals surface area contributed by atoms with Gasteiger partial charge in [0.05, 0.1) is 11.3 Å². The Hall–Kier alpha value is -1.18. The summed E-state index contributed by atoms with van der Waals surface area (Å²) in [6.07, 6.45) is 4.02. The van der Waals surface area contributed by atoms with E-state index in [0.717, 1.165) is 0 Å². The number of nitrogen functional groups attached to an aromatic ring is 1. The minimum absolute atomic E-state index is 0.0271. The standard InChI is InChI=1S/C12H19N3O3S/c1-12(2)7-9(4-6-18-12)15-19(16,17)11-8-14-5-3-10(11)13/h3,5,8-9,15H,4,6-7H2,1-2H3,(H2,13,14). The molecule has 0 saturated carbocycles. The van der Waals surface area contributed by atoms with E-state index in [1.807, 2.05) is 13.8 Å². The topological polar surface area (TPSA) is 94.3 Å². The van der Waals surface area contributed by atoms with Gasteiger partial charge in [0.15, 0.2) is 0 Å². The van der Waals surface area contributed by atoms with Crippen LogP contribution in [0.4, 0.5) is 5.69 Å². The zero-order valence-electron chi connectivity index (χ0n) is 11.1. The first-order valence-electron chi connectivity index (χ1n) is 6.16. The quantitative estimate of drug-likeness (QED) is 0.860. The third-order valence-electron chi connectivity index (χ3n) is 3.12. The van der Waals surface area contributed by atoms with Gasteiger partial charge in [0, 0.05) is 25.0 Å². The molecule has 1 aliphatic heterocycles. The molecule has 19 heavy (non-hydrogen) atoms. The van der Waals surface area contributed by atoms with E-state index in [1.54, 1.807) is 0 Å². The maximum atomic E-state index is 12.3. The van der Waals surface area contributed by atoms with Crippen LogP contribution in [-0.4, -0.2) is 31.7 Å². The van der Waals surface area contributed by atoms with E-state index >= 15 is 0 Å². The molecular formula is C12H19N3O3S. The fourth-order valence-corrected chi connectivity index (χ4v) is 3.58. The van der Waals surface area contributed by atoms with Gasteiger partial charge < -0.3 is 10.5 Å². The van der Waals surface area contributed by atoms with Crippen molar-refractivity contribution in [3.8, 4) is 0 Å². The lowest BCUT2D eigenvalue weighted by molar-refractivity contribution is -0.0599. The van der Waals surface area contributed by atoms with E-state index in [-0.39, 0.29) is 22.2 Å². The molecule has 1 atom stereocenters. The molecule has 1 aromatic rings. The summed E-state index contributed by atoms with van der Waals surface area (Å²) in [6, 6.07) is 1.33. The number of pyridine rings is 1. The van der Waals surface area contributed by atoms with Crippen molar-refractivity contribution in [2.45, 2.75) is 43.2 Å². The molecule has 0 aromatic carbocycles. The van der Waals surface area contributed by atoms with Crippen LogP contribution in [0.1, 0.15) is 26.7 Å². The number of nitrogens with zero attached hydrogens (tertiary/aromatic N) is 1. The van der Waals surface area contributed by atoms with Gasteiger partial charge in [0.25, 0.3) is 0 Å². The Morgan fingerprint density at radius 2 is 2.26 bits per heavy atom. The third-order valence-corrected chi connectivity index (χ3v) is 4.69. The average Bonchev–Trinajstić information content (AvgIpc) is 2.27. The van der Waals surface area contributed by atoms with Crippen molar-refractivity contribution in [2.24, 2.45) is 0 Å². The van der Waals surface area contributed by atoms with Crippen LogP contribution >= 0.6 is 0 Å². The van der Waals surface area contributed by atoms with Crippen molar-refractivity contribution in [2.75, 3.05) is 12.3 Å². The number of aromatic nitrogens is 1. The number of ether oxygens (including phenoxy) is 1. The highest BCUT2D eigenvalue weighted by atomic mass is 32.2. The van der Waals surface area contributed by atoms with Crippen molar-refractivity contribution >= 4 is 15.7 Å². The van der Waals surface area contributed by atoms with E-state index in [4.69, 9.17) is 10.5 Å². The summed E-state index contributed by atoms with van der Waals surface area (Å²) < 4.78 is 32.8. The molecule has 2 heterocycles. The largest absolute Gasteiger partial charge is 0.398 e. The smallest absolute Gasteiger partial charge is 0.244 e. The maximum absolute atomic E-state index is 12.3. The molecule has 0 amide bonds. The Bertz CT molecular complexity index is 557. The lowest BCUT2D eigenvalue weighted by Gasteiger charge is -2.35. The maximum Gasteiger partial charge on any atom is 0.244 e. The highest BCUT2D eigenvalue weighted by Crippen LogP contribution is 2.25. The summed E-state index contributed by atoms with van der Waals surface area (Å²) in [5.74, 6) is 0. The summed E-state index contributed by atoms with van der Waals surface area (Å²) in [4.78, 5) is 3.84. The summed E-state index contributed by atoms with van der Waals surface area (Å²) in [7, 11) is -3.63. The Labute approximate surface area is 113 Å². The molecule has 1 aromatic heterocycles. The molecule has 106 valence electrons. The Kier molecular flexibility index (Phi) is 3.80. The molecule has 3 N–H and O–H groups in total. The minimum Gasteiger partial charge on any atom is -0.398 e. The monoisotopic (exact) mass is 285 g/mol. The van der Waals surface area contributed by atoms with Gasteiger partial charge in [-0.1, -0.05) is 0 Å². The number of nitrogens with one attached hydrogen (secondary N) is 1. The van der Waals surface area contributed by atoms with E-state index in [0.29, 0.717) is 19.4 Å². The first-order valence-corrected chi connectivity index (χ1v) is 7.64. The van der Waals surface area contributed by atoms with Crippen molar-refractivity contribution in [1.29, 1.82) is 0 Å². The zero-order valence-corrected chi connectivity index (χ0v) is 11.9. The first kappa shape index (κ1) is 14.2. The summed E-state index contributed by atoms with van der Waals surface area (Å²) in [5, 5.41) is 0. The SMILES string of the molecule is CC1(C)CC(NS(=O)(=O)c2cnccc2N)CCO1. The minimum atomic E-state index is -3.63. The molecule has 7 heteroatoms. The molecule has 6 nitrogen and oxygen atoms in total. The van der Waals surface area contributed by atoms with Gasteiger partial charge in [0.1, 0.15) is 4.90 Å². The molecule has 2 rings (SSSR count). The van der Waals surface area contributed by atoms with Crippen LogP contribution in [0.2, 0.25) is 0 Å². The first-order chi connectivity index (χ1) is 8.80. The van der Waals surface area contributed by atoms with Gasteiger partial charge in [-0.2, -0.15) is 0 Å². The number of rotatable bonds is 3. The highest BCUT2D eigenvalue weighted by molar-refractivity contribution is 7.89. The summed E-state index contributed by atoms with van der Waals surface area (Å²) >= 11 is 0. The second-order valence-electron chi connectivity index (χ2n) is 5.33. The van der Waals surface area contributed by atoms with Crippen LogP contribution in [-0.2, 0) is 14.8 Å². The molecular weight excluding hydrogens is 266 g/mol. The van der Waals surface area contributed by atoms with Crippen molar-refractivity contribution in [1.82, 2.24) is 9.71 Å². The summed E-state index contributed by atoms with van der Waals surface area (Å²) in [6.45, 7) is 4.44. The van der Waals surface area contributed by atoms with Gasteiger partial charge in [-0.15, -0.1) is 0 Å². The van der Waals surface area contributed by atoms with Crippen molar-refractivity contribution in [3.63, 3.8) is 0 Å². The number of hydrogen-bond acceptors (Lipinski definition) is 5. The van der Waals surface area contributed by atoms with E-state index < -0.39 is 10.0 Å². The van der Waals surface area contributed by atoms with Crippen molar-refractivity contribution in [3.05, 3.63) is 18.5 Å². The van der Waals surface area contributed by atoms with Crippen molar-refractivity contribution < 1.29 is 13.2 Å². The fraction of sp³-hybridized carbons (Fsp3) is 0.583. The average molecular weight is 285 g/mol. The molecule has 0 aliphatic carbocycles. The van der Waals surface area contributed by atoms with Crippen LogP contribution in [0.5, 0.6) is 0 Å². The molecule has 1 unspecified atom stereocenters. The fourth-order valence-electron chi connectivity index (χ4n) is 2.23. The third kappa shape index (κ3) is 3.43. The van der Waals surface area contributed by atoms with Crippen LogP contribution in [0.25, 0.3) is 0 Å². The summed E-state index contributed by atoms with van der Waals surface area (Å²) in [5.41, 5.74) is 5.57. The predicted molar refractivity (Wildman–Crippen MR) is 72.0 cm³/mol. The normalized spacial score (nSPS) is 23.2. The van der Waals surface area contributed by atoms with Crippen LogP contribution in [0.15, 0.2) is 23.4 Å². The zero-order chi connectivity index (χ0) is 14.1. The number of nitrogens with two attached hydrogens (primary N) is 1. The molecule has 1 aliphatic rings. The van der Waals surface area contributed by atoms with E-state index in [9.17, 15) is 8.42 Å². The lowest BCUT2D eigenvalue weighted by Crippen LogP contribution is -2.45. The van der Waals surface area contributed by atoms with E-state index in [1.165, 1.54) is 18.5 Å². The Balaban J connectivity index is 2.16. The van der Waals surface area contributed by atoms with E-state index in [2.05, 4.69) is 9.71 Å². The number of sulfonamides is 1. The lowest BCUT2D eigenvalue weighted by atomic mass is 9.95. The second-order valence-corrected chi connectivity index (χ2v) is 7.02. The van der Waals surface area contributed by atoms with Gasteiger partial charge in [0.2, 0.25) is 10.0 Å². The number of anilines is 1. The van der Waals surface area contributed by atoms with Crippen LogP contribution in [0, 0.1) is 0 Å². The second kappa shape index (κ2) is 5.07. The molecule has 0 radical (unpaired) electrons. The van der Waals surface area contributed by atoms with Crippen LogP contribution < -0.4 is 10.5 Å². The van der Waals surface area contributed by atoms with Gasteiger partial charge >= 0.3 is 0 Å². The van der Waals surface area contributed by atoms with Crippen LogP contribution in [0.3, 0.4) is 0 Å².